The number of halogens is 1. The predicted octanol–water partition coefficient (Wildman–Crippen LogP) is 2.65. The molecule has 0 aliphatic carbocycles. The summed E-state index contributed by atoms with van der Waals surface area (Å²) in [6, 6.07) is 4.92. The third-order valence-electron chi connectivity index (χ3n) is 2.79. The molecule has 0 spiro atoms. The lowest BCUT2D eigenvalue weighted by molar-refractivity contribution is -0.122. The molecule has 1 unspecified atom stereocenters. The fraction of sp³-hybridized carbons (Fsp3) is 0.467. The largest absolute Gasteiger partial charge is 0.354 e. The van der Waals surface area contributed by atoms with Gasteiger partial charge in [0.15, 0.2) is 0 Å². The molecule has 0 aliphatic heterocycles. The molecular weight excluding hydrogens is 320 g/mol. The summed E-state index contributed by atoms with van der Waals surface area (Å²) in [5.74, 6) is -0.0487. The Morgan fingerprint density at radius 3 is 2.45 bits per heavy atom. The van der Waals surface area contributed by atoms with Crippen LogP contribution in [-0.4, -0.2) is 24.4 Å². The molecule has 0 saturated carbocycles. The van der Waals surface area contributed by atoms with Crippen LogP contribution in [0.3, 0.4) is 0 Å². The Bertz CT molecular complexity index is 501. The van der Waals surface area contributed by atoms with E-state index in [0.717, 1.165) is 10.0 Å². The smallest absolute Gasteiger partial charge is 0.253 e. The fourth-order valence-electron chi connectivity index (χ4n) is 1.60. The van der Waals surface area contributed by atoms with E-state index >= 15 is 0 Å². The molecule has 0 bridgehead atoms. The molecule has 0 saturated heterocycles. The van der Waals surface area contributed by atoms with Crippen LogP contribution >= 0.6 is 15.9 Å². The third kappa shape index (κ3) is 4.96. The number of amides is 2. The van der Waals surface area contributed by atoms with Crippen molar-refractivity contribution in [1.82, 2.24) is 10.6 Å². The van der Waals surface area contributed by atoms with E-state index in [1.54, 1.807) is 13.0 Å². The fourth-order valence-corrected chi connectivity index (χ4v) is 2.28. The van der Waals surface area contributed by atoms with Crippen molar-refractivity contribution in [2.45, 2.75) is 33.7 Å². The quantitative estimate of drug-likeness (QED) is 0.865. The standard InChI is InChI=1S/C15H21BrN2O2/c1-9(2)8-17-14(19)11(4)18-15(20)12-6-5-10(3)7-13(12)16/h5-7,9,11H,8H2,1-4H3,(H,17,19)(H,18,20). The van der Waals surface area contributed by atoms with Gasteiger partial charge in [0, 0.05) is 11.0 Å². The molecule has 0 aliphatic rings. The lowest BCUT2D eigenvalue weighted by Gasteiger charge is -2.15. The van der Waals surface area contributed by atoms with Gasteiger partial charge in [0.1, 0.15) is 6.04 Å². The molecule has 2 N–H and O–H groups in total. The van der Waals surface area contributed by atoms with Gasteiger partial charge in [-0.15, -0.1) is 0 Å². The number of rotatable bonds is 5. The molecular formula is C15H21BrN2O2. The lowest BCUT2D eigenvalue weighted by Crippen LogP contribution is -2.45. The highest BCUT2D eigenvalue weighted by Gasteiger charge is 2.18. The van der Waals surface area contributed by atoms with Crippen molar-refractivity contribution in [3.05, 3.63) is 33.8 Å². The molecule has 4 nitrogen and oxygen atoms in total. The van der Waals surface area contributed by atoms with Crippen molar-refractivity contribution in [3.8, 4) is 0 Å². The van der Waals surface area contributed by atoms with Crippen molar-refractivity contribution in [3.63, 3.8) is 0 Å². The summed E-state index contributed by atoms with van der Waals surface area (Å²) in [6.07, 6.45) is 0. The van der Waals surface area contributed by atoms with Gasteiger partial charge in [0.05, 0.1) is 5.56 Å². The van der Waals surface area contributed by atoms with E-state index in [-0.39, 0.29) is 11.8 Å². The van der Waals surface area contributed by atoms with Crippen LogP contribution in [0.5, 0.6) is 0 Å². The van der Waals surface area contributed by atoms with Crippen molar-refractivity contribution < 1.29 is 9.59 Å². The van der Waals surface area contributed by atoms with Crippen LogP contribution in [0.15, 0.2) is 22.7 Å². The van der Waals surface area contributed by atoms with Gasteiger partial charge in [-0.1, -0.05) is 19.9 Å². The molecule has 110 valence electrons. The average Bonchev–Trinajstić information content (AvgIpc) is 2.35. The van der Waals surface area contributed by atoms with Gasteiger partial charge < -0.3 is 10.6 Å². The van der Waals surface area contributed by atoms with Crippen LogP contribution in [0.2, 0.25) is 0 Å². The predicted molar refractivity (Wildman–Crippen MR) is 83.7 cm³/mol. The lowest BCUT2D eigenvalue weighted by atomic mass is 10.1. The first-order valence-electron chi connectivity index (χ1n) is 6.66. The molecule has 0 radical (unpaired) electrons. The molecule has 5 heteroatoms. The maximum Gasteiger partial charge on any atom is 0.253 e. The summed E-state index contributed by atoms with van der Waals surface area (Å²) in [7, 11) is 0. The van der Waals surface area contributed by atoms with E-state index in [1.165, 1.54) is 0 Å². The zero-order valence-electron chi connectivity index (χ0n) is 12.3. The second kappa shape index (κ2) is 7.43. The van der Waals surface area contributed by atoms with E-state index in [4.69, 9.17) is 0 Å². The number of carbonyl (C=O) groups is 2. The van der Waals surface area contributed by atoms with E-state index < -0.39 is 6.04 Å². The minimum absolute atomic E-state index is 0.171. The van der Waals surface area contributed by atoms with Crippen LogP contribution in [0.1, 0.15) is 36.7 Å². The van der Waals surface area contributed by atoms with Crippen molar-refractivity contribution in [2.24, 2.45) is 5.92 Å². The minimum Gasteiger partial charge on any atom is -0.354 e. The Balaban J connectivity index is 2.63. The van der Waals surface area contributed by atoms with Crippen molar-refractivity contribution in [1.29, 1.82) is 0 Å². The summed E-state index contributed by atoms with van der Waals surface area (Å²) in [4.78, 5) is 23.9. The topological polar surface area (TPSA) is 58.2 Å². The molecule has 1 aromatic rings. The van der Waals surface area contributed by atoms with Crippen molar-refractivity contribution >= 4 is 27.7 Å². The number of carbonyl (C=O) groups excluding carboxylic acids is 2. The maximum absolute atomic E-state index is 12.1. The molecule has 0 aromatic heterocycles. The zero-order chi connectivity index (χ0) is 15.3. The highest BCUT2D eigenvalue weighted by molar-refractivity contribution is 9.10. The molecule has 1 aromatic carbocycles. The molecule has 1 atom stereocenters. The number of benzene rings is 1. The van der Waals surface area contributed by atoms with Crippen LogP contribution in [0, 0.1) is 12.8 Å². The van der Waals surface area contributed by atoms with E-state index in [0.29, 0.717) is 18.0 Å². The minimum atomic E-state index is -0.561. The summed E-state index contributed by atoms with van der Waals surface area (Å²) < 4.78 is 0.727. The maximum atomic E-state index is 12.1. The SMILES string of the molecule is Cc1ccc(C(=O)NC(C)C(=O)NCC(C)C)c(Br)c1. The number of aryl methyl sites for hydroxylation is 1. The Hall–Kier alpha value is -1.36. The monoisotopic (exact) mass is 340 g/mol. The summed E-state index contributed by atoms with van der Waals surface area (Å²) >= 11 is 3.36. The van der Waals surface area contributed by atoms with Gasteiger partial charge in [-0.05, 0) is 53.4 Å². The van der Waals surface area contributed by atoms with Crippen LogP contribution in [0.25, 0.3) is 0 Å². The summed E-state index contributed by atoms with van der Waals surface area (Å²) in [5, 5.41) is 5.50. The van der Waals surface area contributed by atoms with Gasteiger partial charge in [-0.25, -0.2) is 0 Å². The second-order valence-corrected chi connectivity index (χ2v) is 6.17. The summed E-state index contributed by atoms with van der Waals surface area (Å²) in [5.41, 5.74) is 1.59. The van der Waals surface area contributed by atoms with Gasteiger partial charge in [-0.2, -0.15) is 0 Å². The number of nitrogens with one attached hydrogen (secondary N) is 2. The Kier molecular flexibility index (Phi) is 6.20. The molecule has 2 amide bonds. The van der Waals surface area contributed by atoms with Crippen LogP contribution in [0.4, 0.5) is 0 Å². The van der Waals surface area contributed by atoms with Gasteiger partial charge in [0.2, 0.25) is 5.91 Å². The average molecular weight is 341 g/mol. The Labute approximate surface area is 128 Å². The first kappa shape index (κ1) is 16.7. The molecule has 0 fully saturated rings. The normalized spacial score (nSPS) is 12.1. The first-order valence-corrected chi connectivity index (χ1v) is 7.45. The zero-order valence-corrected chi connectivity index (χ0v) is 13.9. The van der Waals surface area contributed by atoms with Crippen LogP contribution in [-0.2, 0) is 4.79 Å². The van der Waals surface area contributed by atoms with Gasteiger partial charge in [-0.3, -0.25) is 9.59 Å². The van der Waals surface area contributed by atoms with E-state index in [1.807, 2.05) is 32.9 Å². The molecule has 1 rings (SSSR count). The van der Waals surface area contributed by atoms with E-state index in [2.05, 4.69) is 26.6 Å². The van der Waals surface area contributed by atoms with Crippen molar-refractivity contribution in [2.75, 3.05) is 6.54 Å². The molecule has 0 heterocycles. The summed E-state index contributed by atoms with van der Waals surface area (Å²) in [6.45, 7) is 8.28. The highest BCUT2D eigenvalue weighted by Crippen LogP contribution is 2.18. The third-order valence-corrected chi connectivity index (χ3v) is 3.45. The Morgan fingerprint density at radius 2 is 1.90 bits per heavy atom. The van der Waals surface area contributed by atoms with Crippen LogP contribution < -0.4 is 10.6 Å². The first-order chi connectivity index (χ1) is 9.31. The number of hydrogen-bond donors (Lipinski definition) is 2. The second-order valence-electron chi connectivity index (χ2n) is 5.32. The van der Waals surface area contributed by atoms with E-state index in [9.17, 15) is 9.59 Å². The molecule has 20 heavy (non-hydrogen) atoms. The highest BCUT2D eigenvalue weighted by atomic mass is 79.9. The Morgan fingerprint density at radius 1 is 1.25 bits per heavy atom. The van der Waals surface area contributed by atoms with Gasteiger partial charge >= 0.3 is 0 Å². The number of hydrogen-bond acceptors (Lipinski definition) is 2. The van der Waals surface area contributed by atoms with Gasteiger partial charge in [0.25, 0.3) is 5.91 Å².